The largest absolute Gasteiger partial charge is 0.367 e. The molecule has 0 bridgehead atoms. The van der Waals surface area contributed by atoms with Gasteiger partial charge in [0.25, 0.3) is 0 Å². The minimum atomic E-state index is -0.373. The molecular formula is C16H17IO3. The summed E-state index contributed by atoms with van der Waals surface area (Å²) in [7, 11) is 0. The van der Waals surface area contributed by atoms with Crippen LogP contribution < -0.4 is 0 Å². The molecule has 0 saturated carbocycles. The number of rotatable bonds is 6. The number of ether oxygens (including phenoxy) is 3. The molecule has 1 aliphatic rings. The molecule has 0 amide bonds. The van der Waals surface area contributed by atoms with Gasteiger partial charge in [0.15, 0.2) is 6.29 Å². The summed E-state index contributed by atoms with van der Waals surface area (Å²) in [5.74, 6) is 2.44. The van der Waals surface area contributed by atoms with Gasteiger partial charge in [0.1, 0.15) is 12.7 Å². The lowest BCUT2D eigenvalue weighted by atomic mass is 10.1. The quantitative estimate of drug-likeness (QED) is 0.327. The van der Waals surface area contributed by atoms with Gasteiger partial charge >= 0.3 is 0 Å². The van der Waals surface area contributed by atoms with Crippen molar-refractivity contribution in [2.45, 2.75) is 25.1 Å². The molecule has 1 heterocycles. The molecule has 0 fully saturated rings. The molecule has 2 rings (SSSR count). The number of terminal acetylenes is 1. The van der Waals surface area contributed by atoms with Crippen molar-refractivity contribution in [3.05, 3.63) is 48.0 Å². The van der Waals surface area contributed by atoms with E-state index in [-0.39, 0.29) is 25.1 Å². The molecule has 1 aromatic rings. The molecule has 4 heteroatoms. The Morgan fingerprint density at radius 1 is 1.20 bits per heavy atom. The van der Waals surface area contributed by atoms with Gasteiger partial charge in [0.2, 0.25) is 0 Å². The molecule has 0 saturated heterocycles. The van der Waals surface area contributed by atoms with Gasteiger partial charge in [0.05, 0.1) is 12.7 Å². The maximum absolute atomic E-state index is 5.91. The Hall–Kier alpha value is -0.870. The predicted octanol–water partition coefficient (Wildman–Crippen LogP) is 2.94. The van der Waals surface area contributed by atoms with E-state index in [0.29, 0.717) is 6.61 Å². The molecule has 0 aromatic heterocycles. The van der Waals surface area contributed by atoms with Gasteiger partial charge in [-0.25, -0.2) is 0 Å². The fraction of sp³-hybridized carbons (Fsp3) is 0.375. The van der Waals surface area contributed by atoms with Gasteiger partial charge in [-0.1, -0.05) is 64.9 Å². The van der Waals surface area contributed by atoms with Crippen molar-refractivity contribution in [2.75, 3.05) is 11.0 Å². The van der Waals surface area contributed by atoms with Gasteiger partial charge in [0, 0.05) is 4.43 Å². The van der Waals surface area contributed by atoms with E-state index in [1.54, 1.807) is 0 Å². The normalized spacial score (nSPS) is 25.3. The van der Waals surface area contributed by atoms with Crippen LogP contribution in [0, 0.1) is 12.3 Å². The van der Waals surface area contributed by atoms with Crippen LogP contribution in [0.2, 0.25) is 0 Å². The predicted molar refractivity (Wildman–Crippen MR) is 86.5 cm³/mol. The first kappa shape index (κ1) is 15.5. The van der Waals surface area contributed by atoms with Gasteiger partial charge in [-0.2, -0.15) is 0 Å². The average molecular weight is 384 g/mol. The number of benzene rings is 1. The third-order valence-electron chi connectivity index (χ3n) is 2.90. The summed E-state index contributed by atoms with van der Waals surface area (Å²) in [5.41, 5.74) is 1.15. The monoisotopic (exact) mass is 384 g/mol. The smallest absolute Gasteiger partial charge is 0.178 e. The van der Waals surface area contributed by atoms with Crippen molar-refractivity contribution in [1.82, 2.24) is 0 Å². The minimum absolute atomic E-state index is 0.0212. The highest BCUT2D eigenvalue weighted by atomic mass is 127. The van der Waals surface area contributed by atoms with Crippen molar-refractivity contribution in [1.29, 1.82) is 0 Å². The lowest BCUT2D eigenvalue weighted by Gasteiger charge is -2.30. The van der Waals surface area contributed by atoms with Crippen LogP contribution in [0.3, 0.4) is 0 Å². The summed E-state index contributed by atoms with van der Waals surface area (Å²) in [6.45, 7) is 0.820. The number of hydrogen-bond donors (Lipinski definition) is 0. The Balaban J connectivity index is 1.89. The molecule has 1 aromatic carbocycles. The second kappa shape index (κ2) is 8.42. The van der Waals surface area contributed by atoms with E-state index in [1.807, 2.05) is 42.5 Å². The number of hydrogen-bond acceptors (Lipinski definition) is 3. The zero-order chi connectivity index (χ0) is 14.2. The maximum atomic E-state index is 5.91. The Bertz CT molecular complexity index is 466. The summed E-state index contributed by atoms with van der Waals surface area (Å²) in [6, 6.07) is 10.1. The highest BCUT2D eigenvalue weighted by molar-refractivity contribution is 14.1. The van der Waals surface area contributed by atoms with Crippen LogP contribution in [0.5, 0.6) is 0 Å². The van der Waals surface area contributed by atoms with E-state index in [0.717, 1.165) is 9.99 Å². The van der Waals surface area contributed by atoms with Gasteiger partial charge in [-0.05, 0) is 11.6 Å². The molecular weight excluding hydrogens is 367 g/mol. The Morgan fingerprint density at radius 2 is 2.00 bits per heavy atom. The zero-order valence-corrected chi connectivity index (χ0v) is 13.2. The maximum Gasteiger partial charge on any atom is 0.178 e. The minimum Gasteiger partial charge on any atom is -0.367 e. The van der Waals surface area contributed by atoms with Gasteiger partial charge in [-0.15, -0.1) is 6.42 Å². The first-order chi connectivity index (χ1) is 9.83. The van der Waals surface area contributed by atoms with Crippen LogP contribution in [0.15, 0.2) is 42.5 Å². The van der Waals surface area contributed by atoms with E-state index in [2.05, 4.69) is 28.5 Å². The Labute approximate surface area is 133 Å². The second-order valence-electron chi connectivity index (χ2n) is 4.36. The van der Waals surface area contributed by atoms with Crippen LogP contribution in [0.4, 0.5) is 0 Å². The van der Waals surface area contributed by atoms with E-state index in [9.17, 15) is 0 Å². The fourth-order valence-electron chi connectivity index (χ4n) is 1.90. The molecule has 106 valence electrons. The van der Waals surface area contributed by atoms with Crippen LogP contribution in [0.25, 0.3) is 0 Å². The van der Waals surface area contributed by atoms with E-state index < -0.39 is 0 Å². The standard InChI is InChI=1S/C16H17IO3/c1-2-10-18-16-9-8-14(15(11-17)20-16)19-12-13-6-4-3-5-7-13/h1,3-9,14-16H,10-12H2/t14-,15+,16-/m0/s1. The van der Waals surface area contributed by atoms with E-state index in [4.69, 9.17) is 20.6 Å². The first-order valence-electron chi connectivity index (χ1n) is 6.44. The third-order valence-corrected chi connectivity index (χ3v) is 3.77. The topological polar surface area (TPSA) is 27.7 Å². The molecule has 0 N–H and O–H groups in total. The van der Waals surface area contributed by atoms with Crippen molar-refractivity contribution < 1.29 is 14.2 Å². The lowest BCUT2D eigenvalue weighted by molar-refractivity contribution is -0.166. The fourth-order valence-corrected chi connectivity index (χ4v) is 2.61. The first-order valence-corrected chi connectivity index (χ1v) is 7.96. The highest BCUT2D eigenvalue weighted by Gasteiger charge is 2.27. The summed E-state index contributed by atoms with van der Waals surface area (Å²) in [5, 5.41) is 0. The molecule has 0 unspecified atom stereocenters. The second-order valence-corrected chi connectivity index (χ2v) is 5.24. The number of halogens is 1. The van der Waals surface area contributed by atoms with Crippen LogP contribution >= 0.6 is 22.6 Å². The van der Waals surface area contributed by atoms with Crippen LogP contribution in [-0.4, -0.2) is 29.5 Å². The van der Waals surface area contributed by atoms with Crippen LogP contribution in [-0.2, 0) is 20.8 Å². The Morgan fingerprint density at radius 3 is 2.70 bits per heavy atom. The van der Waals surface area contributed by atoms with Gasteiger partial charge < -0.3 is 14.2 Å². The van der Waals surface area contributed by atoms with Crippen molar-refractivity contribution in [3.8, 4) is 12.3 Å². The molecule has 0 spiro atoms. The van der Waals surface area contributed by atoms with Gasteiger partial charge in [-0.3, -0.25) is 0 Å². The highest BCUT2D eigenvalue weighted by Crippen LogP contribution is 2.20. The molecule has 3 atom stereocenters. The van der Waals surface area contributed by atoms with E-state index in [1.165, 1.54) is 0 Å². The molecule has 0 radical (unpaired) electrons. The lowest BCUT2D eigenvalue weighted by Crippen LogP contribution is -2.39. The zero-order valence-electron chi connectivity index (χ0n) is 11.1. The number of alkyl halides is 1. The Kier molecular flexibility index (Phi) is 6.54. The van der Waals surface area contributed by atoms with Crippen LogP contribution in [0.1, 0.15) is 5.56 Å². The van der Waals surface area contributed by atoms with Crippen molar-refractivity contribution in [3.63, 3.8) is 0 Å². The van der Waals surface area contributed by atoms with Crippen molar-refractivity contribution in [2.24, 2.45) is 0 Å². The molecule has 0 aliphatic carbocycles. The van der Waals surface area contributed by atoms with Crippen molar-refractivity contribution >= 4 is 22.6 Å². The molecule has 20 heavy (non-hydrogen) atoms. The summed E-state index contributed by atoms with van der Waals surface area (Å²) >= 11 is 2.29. The third kappa shape index (κ3) is 4.60. The summed E-state index contributed by atoms with van der Waals surface area (Å²) < 4.78 is 17.9. The molecule has 1 aliphatic heterocycles. The summed E-state index contributed by atoms with van der Waals surface area (Å²) in [4.78, 5) is 0. The average Bonchev–Trinajstić information content (AvgIpc) is 2.52. The van der Waals surface area contributed by atoms with E-state index >= 15 is 0 Å². The summed E-state index contributed by atoms with van der Waals surface area (Å²) in [6.07, 6.45) is 8.57. The SMILES string of the molecule is C#CCO[C@@H]1C=C[C@H](OCc2ccccc2)[C@@H](CI)O1. The molecule has 3 nitrogen and oxygen atoms in total.